The van der Waals surface area contributed by atoms with E-state index in [2.05, 4.69) is 29.8 Å². The van der Waals surface area contributed by atoms with Gasteiger partial charge in [-0.15, -0.1) is 0 Å². The summed E-state index contributed by atoms with van der Waals surface area (Å²) in [6.45, 7) is 10.4. The number of nitrogens with one attached hydrogen (secondary N) is 3. The van der Waals surface area contributed by atoms with E-state index in [0.717, 1.165) is 77.0 Å². The van der Waals surface area contributed by atoms with E-state index in [-0.39, 0.29) is 181 Å². The van der Waals surface area contributed by atoms with Crippen LogP contribution in [0.5, 0.6) is 0 Å². The van der Waals surface area contributed by atoms with E-state index in [4.69, 9.17) is 47.4 Å². The maximum absolute atomic E-state index is 14.4. The van der Waals surface area contributed by atoms with Gasteiger partial charge in [0.15, 0.2) is 18.9 Å². The first-order chi connectivity index (χ1) is 59.0. The van der Waals surface area contributed by atoms with E-state index in [9.17, 15) is 94.2 Å². The maximum atomic E-state index is 14.4. The Balaban J connectivity index is 0.0000397. The van der Waals surface area contributed by atoms with E-state index >= 15 is 0 Å². The summed E-state index contributed by atoms with van der Waals surface area (Å²) < 4.78 is 56.4. The maximum Gasteiger partial charge on any atom is 0.407 e. The van der Waals surface area contributed by atoms with Gasteiger partial charge in [0, 0.05) is 165 Å². The molecule has 4 amide bonds. The number of ketones is 3. The Kier molecular flexibility index (Phi) is 62.1. The summed E-state index contributed by atoms with van der Waals surface area (Å²) in [5.74, 6) is -1.80. The molecule has 15 unspecified atom stereocenters. The molecule has 4 heterocycles. The molecule has 4 rings (SSSR count). The second kappa shape index (κ2) is 67.0. The van der Waals surface area contributed by atoms with Crippen LogP contribution in [0.15, 0.2) is 0 Å². The van der Waals surface area contributed by atoms with Gasteiger partial charge in [-0.05, 0) is 141 Å². The molecule has 33 nitrogen and oxygen atoms in total. The molecule has 17 atom stereocenters. The second-order valence-electron chi connectivity index (χ2n) is 34.6. The van der Waals surface area contributed by atoms with Crippen LogP contribution in [0.25, 0.3) is 0 Å². The number of ether oxygens (including phenoxy) is 10. The molecular formula is C88H156N4O29S2Y. The molecule has 0 spiro atoms. The van der Waals surface area contributed by atoms with Crippen LogP contribution in [-0.4, -0.2) is 305 Å². The number of Topliss-reactive ketones (excluding diaryl/α,β-unsaturated/α-hetero) is 3. The first-order valence-electron chi connectivity index (χ1n) is 45.8. The average Bonchev–Trinajstić information content (AvgIpc) is 1.14. The number of carbonyl (C=O) groups is 9. The number of amides is 4. The SMILES string of the molecule is CO[C@H]1C[C@H](CO)N(C(=O)CCCCC(=O)CCC(C)(C)SSCCC(=O)CC(CCCOC(=O)CCCCCCCNC(=O)CCCOC2OC(CO)C(O)C(O)C2C)(CCCOC(=O)CCCCCCCNC(=O)CCCOC2OC(CO)C(O)C(O)C2C)CCCOC(=O)NCCCCCCCC(=O)CCCOC2OC(CO)C(O)C(O)C2C)C1.[Y]. The number of aliphatic hydroxyl groups excluding tert-OH is 10. The molecule has 4 aliphatic heterocycles. The summed E-state index contributed by atoms with van der Waals surface area (Å²) in [5, 5.41) is 108. The van der Waals surface area contributed by atoms with Crippen LogP contribution in [0.2, 0.25) is 0 Å². The van der Waals surface area contributed by atoms with Crippen molar-refractivity contribution in [3.63, 3.8) is 0 Å². The summed E-state index contributed by atoms with van der Waals surface area (Å²) in [6.07, 6.45) is 8.01. The largest absolute Gasteiger partial charge is 0.466 e. The van der Waals surface area contributed by atoms with Crippen LogP contribution in [0.4, 0.5) is 4.79 Å². The topological polar surface area (TPSA) is 488 Å². The van der Waals surface area contributed by atoms with Gasteiger partial charge in [-0.2, -0.15) is 0 Å². The zero-order valence-corrected chi connectivity index (χ0v) is 79.5. The minimum Gasteiger partial charge on any atom is -0.466 e. The quantitative estimate of drug-likeness (QED) is 0.0121. The van der Waals surface area contributed by atoms with Crippen LogP contribution in [-0.2, 0) is 118 Å². The van der Waals surface area contributed by atoms with E-state index in [1.807, 2.05) is 0 Å². The molecule has 4 fully saturated rings. The van der Waals surface area contributed by atoms with E-state index in [1.54, 1.807) is 54.4 Å². The molecule has 13 N–H and O–H groups in total. The van der Waals surface area contributed by atoms with Gasteiger partial charge in [-0.25, -0.2) is 4.79 Å². The first-order valence-corrected chi connectivity index (χ1v) is 48.1. The van der Waals surface area contributed by atoms with E-state index in [1.165, 1.54) is 0 Å². The Morgan fingerprint density at radius 2 is 0.790 bits per heavy atom. The summed E-state index contributed by atoms with van der Waals surface area (Å²) in [6, 6.07) is -0.261. The predicted octanol–water partition coefficient (Wildman–Crippen LogP) is 7.59. The fourth-order valence-electron chi connectivity index (χ4n) is 15.8. The molecule has 0 saturated carbocycles. The van der Waals surface area contributed by atoms with Gasteiger partial charge in [0.1, 0.15) is 54.0 Å². The van der Waals surface area contributed by atoms with Crippen LogP contribution >= 0.6 is 21.6 Å². The Hall–Kier alpha value is -3.25. The van der Waals surface area contributed by atoms with Crippen molar-refractivity contribution in [1.82, 2.24) is 20.9 Å². The molecule has 0 aromatic carbocycles. The average molecular weight is 1890 g/mol. The fourth-order valence-corrected chi connectivity index (χ4v) is 18.4. The number of nitrogens with zero attached hydrogens (tertiary/aromatic N) is 1. The van der Waals surface area contributed by atoms with Crippen LogP contribution < -0.4 is 16.0 Å². The predicted molar refractivity (Wildman–Crippen MR) is 461 cm³/mol. The Morgan fingerprint density at radius 1 is 0.411 bits per heavy atom. The number of hydrogen-bond acceptors (Lipinski definition) is 31. The summed E-state index contributed by atoms with van der Waals surface area (Å²) in [4.78, 5) is 119. The molecule has 36 heteroatoms. The standard InChI is InChI=1S/C88H156N4O29S2.Y/c1-61-77(105)80(108)69(58-94)119-83(61)115-47-24-32-65(97)30-16-10-7-15-23-46-91-86(111)118-52-29-42-88(55-67(99)39-53-122-123-87(4,5)43-38-66(98)31-19-20-35-74(102)92-56-68(112-6)54-64(92)57-93,40-27-50-113-75(103)36-17-11-8-13-21-44-89-72(100)33-25-48-116-84-62(2)78(106)81(109)70(59-95)120-84)41-28-51-114-76(104)37-18-12-9-14-22-45-90-73(101)34-26-49-117-85-63(3)79(107)82(110)71(60-96)121-85;/h61-64,68-71,77-85,93-96,105-110H,7-60H2,1-6H3,(H,89,100)(H,90,101)(H,91,111);/t61?,62?,63?,64-,68+,69?,70?,71?,77?,78?,79?,80?,81?,82?,83?,84?,85?,88?;/m1./s1. The Morgan fingerprint density at radius 3 is 1.23 bits per heavy atom. The van der Waals surface area contributed by atoms with E-state index < -0.39 is 123 Å². The van der Waals surface area contributed by atoms with Crippen molar-refractivity contribution < 1.29 is 174 Å². The normalized spacial score (nSPS) is 25.1. The number of aliphatic hydroxyl groups is 10. The number of methoxy groups -OCH3 is 1. The molecule has 4 saturated heterocycles. The summed E-state index contributed by atoms with van der Waals surface area (Å²) >= 11 is 0. The Bertz CT molecular complexity index is 2730. The van der Waals surface area contributed by atoms with Crippen molar-refractivity contribution in [1.29, 1.82) is 0 Å². The molecule has 4 aliphatic rings. The molecule has 0 bridgehead atoms. The van der Waals surface area contributed by atoms with Gasteiger partial charge >= 0.3 is 18.0 Å². The van der Waals surface area contributed by atoms with E-state index in [0.29, 0.717) is 167 Å². The zero-order chi connectivity index (χ0) is 90.4. The molecule has 0 aromatic rings. The second-order valence-corrected chi connectivity index (χ2v) is 37.7. The molecule has 1 radical (unpaired) electrons. The van der Waals surface area contributed by atoms with Crippen molar-refractivity contribution in [2.75, 3.05) is 105 Å². The third-order valence-electron chi connectivity index (χ3n) is 23.7. The number of rotatable bonds is 71. The molecular weight excluding hydrogens is 1730 g/mol. The van der Waals surface area contributed by atoms with Gasteiger partial charge < -0.3 is 119 Å². The minimum atomic E-state index is -1.23. The van der Waals surface area contributed by atoms with Crippen molar-refractivity contribution in [2.45, 2.75) is 376 Å². The number of hydrogen-bond donors (Lipinski definition) is 13. The number of alkyl carbamates (subject to hydrolysis) is 1. The summed E-state index contributed by atoms with van der Waals surface area (Å²) in [7, 11) is 4.80. The number of esters is 2. The zero-order valence-electron chi connectivity index (χ0n) is 75.1. The third kappa shape index (κ3) is 47.2. The number of unbranched alkanes of at least 4 members (excludes halogenated alkanes) is 13. The third-order valence-corrected chi connectivity index (χ3v) is 27.1. The van der Waals surface area contributed by atoms with Crippen molar-refractivity contribution in [3.8, 4) is 0 Å². The molecule has 124 heavy (non-hydrogen) atoms. The smallest absolute Gasteiger partial charge is 0.407 e. The first kappa shape index (κ1) is 115. The van der Waals surface area contributed by atoms with Gasteiger partial charge in [0.2, 0.25) is 17.7 Å². The van der Waals surface area contributed by atoms with Gasteiger partial charge in [0.05, 0.1) is 96.5 Å². The van der Waals surface area contributed by atoms with Crippen LogP contribution in [0, 0.1) is 23.2 Å². The molecule has 0 aromatic heterocycles. The van der Waals surface area contributed by atoms with Gasteiger partial charge in [-0.1, -0.05) is 100 Å². The van der Waals surface area contributed by atoms with Gasteiger partial charge in [-0.3, -0.25) is 38.4 Å². The Labute approximate surface area is 768 Å². The van der Waals surface area contributed by atoms with Crippen molar-refractivity contribution in [3.05, 3.63) is 0 Å². The monoisotopic (exact) mass is 1890 g/mol. The molecule has 717 valence electrons. The number of carbonyl (C=O) groups excluding carboxylic acids is 9. The summed E-state index contributed by atoms with van der Waals surface area (Å²) in [5.41, 5.74) is -0.659. The number of likely N-dealkylation sites (tertiary alicyclic amines) is 1. The molecule has 0 aliphatic carbocycles. The van der Waals surface area contributed by atoms with Gasteiger partial charge in [0.25, 0.3) is 0 Å². The van der Waals surface area contributed by atoms with Crippen LogP contribution in [0.3, 0.4) is 0 Å². The fraction of sp³-hybridized carbons (Fsp3) is 0.898. The van der Waals surface area contributed by atoms with Crippen molar-refractivity contribution in [2.24, 2.45) is 23.2 Å². The van der Waals surface area contributed by atoms with Crippen LogP contribution in [0.1, 0.15) is 285 Å². The van der Waals surface area contributed by atoms with Crippen molar-refractivity contribution >= 4 is 74.7 Å². The minimum absolute atomic E-state index is 0.